The van der Waals surface area contributed by atoms with E-state index < -0.39 is 0 Å². The fraction of sp³-hybridized carbons (Fsp3) is 0.238. The fourth-order valence-corrected chi connectivity index (χ4v) is 3.20. The highest BCUT2D eigenvalue weighted by Crippen LogP contribution is 2.31. The first-order valence-corrected chi connectivity index (χ1v) is 9.02. The molecule has 0 unspecified atom stereocenters. The van der Waals surface area contributed by atoms with Gasteiger partial charge in [0, 0.05) is 5.02 Å². The van der Waals surface area contributed by atoms with E-state index >= 15 is 0 Å². The number of halogens is 1. The first-order chi connectivity index (χ1) is 12.3. The van der Waals surface area contributed by atoms with E-state index in [0.29, 0.717) is 5.02 Å². The average molecular weight is 365 g/mol. The monoisotopic (exact) mass is 364 g/mol. The van der Waals surface area contributed by atoms with Gasteiger partial charge in [-0.3, -0.25) is 4.68 Å². The van der Waals surface area contributed by atoms with Gasteiger partial charge in [0.15, 0.2) is 5.82 Å². The van der Waals surface area contributed by atoms with E-state index in [1.807, 2.05) is 18.2 Å². The van der Waals surface area contributed by atoms with E-state index in [0.717, 1.165) is 33.8 Å². The van der Waals surface area contributed by atoms with Gasteiger partial charge in [-0.25, -0.2) is 4.98 Å². The van der Waals surface area contributed by atoms with Crippen molar-refractivity contribution in [2.75, 3.05) is 0 Å². The third kappa shape index (κ3) is 3.01. The molecule has 0 radical (unpaired) electrons. The second-order valence-electron chi connectivity index (χ2n) is 7.61. The van der Waals surface area contributed by atoms with Gasteiger partial charge in [0.1, 0.15) is 5.69 Å². The average Bonchev–Trinajstić information content (AvgIpc) is 3.18. The summed E-state index contributed by atoms with van der Waals surface area (Å²) >= 11 is 6.08. The van der Waals surface area contributed by atoms with Crippen molar-refractivity contribution >= 4 is 22.6 Å². The lowest BCUT2D eigenvalue weighted by atomic mass is 10.1. The van der Waals surface area contributed by atoms with Crippen LogP contribution in [-0.2, 0) is 5.54 Å². The lowest BCUT2D eigenvalue weighted by Gasteiger charge is -2.22. The molecule has 26 heavy (non-hydrogen) atoms. The Morgan fingerprint density at radius 1 is 1.00 bits per heavy atom. The number of hydrogen-bond acceptors (Lipinski definition) is 2. The molecule has 4 rings (SSSR count). The van der Waals surface area contributed by atoms with Gasteiger partial charge >= 0.3 is 0 Å². The van der Waals surface area contributed by atoms with Gasteiger partial charge < -0.3 is 4.98 Å². The van der Waals surface area contributed by atoms with Crippen LogP contribution >= 0.6 is 11.6 Å². The first kappa shape index (κ1) is 16.9. The number of hydrogen-bond donors (Lipinski definition) is 1. The number of nitrogens with one attached hydrogen (secondary N) is 1. The van der Waals surface area contributed by atoms with Crippen LogP contribution in [0.5, 0.6) is 0 Å². The van der Waals surface area contributed by atoms with Gasteiger partial charge in [-0.05, 0) is 57.5 Å². The van der Waals surface area contributed by atoms with E-state index in [2.05, 4.69) is 72.7 Å². The summed E-state index contributed by atoms with van der Waals surface area (Å²) in [6.45, 7) is 8.55. The molecule has 2 aromatic carbocycles. The molecule has 0 aliphatic carbocycles. The van der Waals surface area contributed by atoms with Gasteiger partial charge in [-0.2, -0.15) is 5.10 Å². The number of H-pyrrole nitrogens is 1. The number of aromatic amines is 1. The van der Waals surface area contributed by atoms with Crippen LogP contribution in [0.4, 0.5) is 0 Å². The van der Waals surface area contributed by atoms with Crippen LogP contribution < -0.4 is 0 Å². The Morgan fingerprint density at radius 3 is 2.42 bits per heavy atom. The summed E-state index contributed by atoms with van der Waals surface area (Å²) in [7, 11) is 0. The minimum absolute atomic E-state index is 0.145. The summed E-state index contributed by atoms with van der Waals surface area (Å²) in [5, 5.41) is 5.54. The van der Waals surface area contributed by atoms with Crippen LogP contribution in [-0.4, -0.2) is 19.7 Å². The summed E-state index contributed by atoms with van der Waals surface area (Å²) in [5.74, 6) is 0.749. The molecule has 0 atom stereocenters. The van der Waals surface area contributed by atoms with Crippen LogP contribution in [0.1, 0.15) is 26.3 Å². The number of imidazole rings is 1. The first-order valence-electron chi connectivity index (χ1n) is 8.64. The molecule has 0 saturated carbocycles. The molecular formula is C21H21ClN4. The van der Waals surface area contributed by atoms with Crippen molar-refractivity contribution < 1.29 is 0 Å². The molecular weight excluding hydrogens is 344 g/mol. The van der Waals surface area contributed by atoms with Crippen molar-refractivity contribution in [1.29, 1.82) is 0 Å². The lowest BCUT2D eigenvalue weighted by molar-refractivity contribution is 0.361. The minimum atomic E-state index is -0.145. The Morgan fingerprint density at radius 2 is 1.73 bits per heavy atom. The summed E-state index contributed by atoms with van der Waals surface area (Å²) in [6.07, 6.45) is 0. The Kier molecular flexibility index (Phi) is 3.88. The number of fused-ring (bicyclic) bond motifs is 1. The highest BCUT2D eigenvalue weighted by atomic mass is 35.5. The maximum atomic E-state index is 6.08. The van der Waals surface area contributed by atoms with Gasteiger partial charge in [0.2, 0.25) is 0 Å². The van der Waals surface area contributed by atoms with Gasteiger partial charge in [0.25, 0.3) is 0 Å². The van der Waals surface area contributed by atoms with Crippen molar-refractivity contribution in [2.45, 2.75) is 33.2 Å². The van der Waals surface area contributed by atoms with Crippen molar-refractivity contribution in [3.05, 3.63) is 59.1 Å². The highest BCUT2D eigenvalue weighted by molar-refractivity contribution is 6.31. The maximum Gasteiger partial charge on any atom is 0.159 e. The second-order valence-corrected chi connectivity index (χ2v) is 8.05. The predicted octanol–water partition coefficient (Wildman–Crippen LogP) is 5.81. The molecule has 0 aliphatic heterocycles. The molecule has 0 amide bonds. The molecule has 2 heterocycles. The van der Waals surface area contributed by atoms with Crippen LogP contribution in [0.3, 0.4) is 0 Å². The molecule has 4 nitrogen and oxygen atoms in total. The molecule has 2 aromatic heterocycles. The second kappa shape index (κ2) is 5.99. The van der Waals surface area contributed by atoms with Crippen LogP contribution in [0, 0.1) is 6.92 Å². The molecule has 1 N–H and O–H groups in total. The largest absolute Gasteiger partial charge is 0.337 e. The van der Waals surface area contributed by atoms with Crippen LogP contribution in [0.25, 0.3) is 33.8 Å². The number of nitrogens with zero attached hydrogens (tertiary/aromatic N) is 3. The summed E-state index contributed by atoms with van der Waals surface area (Å²) in [4.78, 5) is 8.02. The molecule has 0 saturated heterocycles. The van der Waals surface area contributed by atoms with Crippen LogP contribution in [0.2, 0.25) is 5.02 Å². The van der Waals surface area contributed by atoms with E-state index in [1.165, 1.54) is 5.56 Å². The number of benzene rings is 2. The Balaban J connectivity index is 1.87. The van der Waals surface area contributed by atoms with Gasteiger partial charge in [0.05, 0.1) is 22.3 Å². The molecule has 0 fully saturated rings. The minimum Gasteiger partial charge on any atom is -0.337 e. The topological polar surface area (TPSA) is 46.5 Å². The van der Waals surface area contributed by atoms with E-state index in [-0.39, 0.29) is 5.54 Å². The third-order valence-corrected chi connectivity index (χ3v) is 4.61. The standard InChI is InChI=1S/C21H21ClN4/c1-13-5-7-14(8-6-13)19-12-18(25-26(19)21(2,3)4)20-23-16-10-9-15(22)11-17(16)24-20/h5-12H,1-4H3,(H,23,24). The zero-order chi connectivity index (χ0) is 18.5. The Labute approximate surface area is 157 Å². The van der Waals surface area contributed by atoms with Gasteiger partial charge in [-0.1, -0.05) is 41.4 Å². The normalized spacial score (nSPS) is 12.0. The van der Waals surface area contributed by atoms with E-state index in [4.69, 9.17) is 16.7 Å². The maximum absolute atomic E-state index is 6.08. The smallest absolute Gasteiger partial charge is 0.159 e. The molecule has 0 spiro atoms. The lowest BCUT2D eigenvalue weighted by Crippen LogP contribution is -2.24. The summed E-state index contributed by atoms with van der Waals surface area (Å²) in [5.41, 5.74) is 5.93. The Hall–Kier alpha value is -2.59. The van der Waals surface area contributed by atoms with Crippen molar-refractivity contribution in [2.24, 2.45) is 0 Å². The van der Waals surface area contributed by atoms with Crippen molar-refractivity contribution in [3.8, 4) is 22.8 Å². The summed E-state index contributed by atoms with van der Waals surface area (Å²) < 4.78 is 2.06. The van der Waals surface area contributed by atoms with Crippen molar-refractivity contribution in [1.82, 2.24) is 19.7 Å². The fourth-order valence-electron chi connectivity index (χ4n) is 3.04. The molecule has 132 valence electrons. The zero-order valence-electron chi connectivity index (χ0n) is 15.3. The van der Waals surface area contributed by atoms with E-state index in [1.54, 1.807) is 0 Å². The van der Waals surface area contributed by atoms with Crippen molar-refractivity contribution in [3.63, 3.8) is 0 Å². The number of aryl methyl sites for hydroxylation is 1. The van der Waals surface area contributed by atoms with E-state index in [9.17, 15) is 0 Å². The predicted molar refractivity (Wildman–Crippen MR) is 107 cm³/mol. The number of aromatic nitrogens is 4. The molecule has 5 heteroatoms. The molecule has 0 bridgehead atoms. The summed E-state index contributed by atoms with van der Waals surface area (Å²) in [6, 6.07) is 16.3. The van der Waals surface area contributed by atoms with Gasteiger partial charge in [-0.15, -0.1) is 0 Å². The molecule has 4 aromatic rings. The highest BCUT2D eigenvalue weighted by Gasteiger charge is 2.22. The number of rotatable bonds is 2. The Bertz CT molecular complexity index is 1080. The SMILES string of the molecule is Cc1ccc(-c2cc(-c3nc4cc(Cl)ccc4[nH]3)nn2C(C)(C)C)cc1. The molecule has 0 aliphatic rings. The third-order valence-electron chi connectivity index (χ3n) is 4.38. The quantitative estimate of drug-likeness (QED) is 0.487. The van der Waals surface area contributed by atoms with Crippen LogP contribution in [0.15, 0.2) is 48.5 Å². The zero-order valence-corrected chi connectivity index (χ0v) is 16.1.